The lowest BCUT2D eigenvalue weighted by Gasteiger charge is -2.24. The van der Waals surface area contributed by atoms with Gasteiger partial charge in [0.05, 0.1) is 0 Å². The van der Waals surface area contributed by atoms with Crippen LogP contribution in [0.4, 0.5) is 0 Å². The molecule has 1 unspecified atom stereocenters. The van der Waals surface area contributed by atoms with Gasteiger partial charge in [-0.25, -0.2) is 4.99 Å². The third-order valence-corrected chi connectivity index (χ3v) is 2.11. The Labute approximate surface area is 79.1 Å². The fraction of sp³-hybridized carbons (Fsp3) is 0.667. The molecule has 13 heavy (non-hydrogen) atoms. The van der Waals surface area contributed by atoms with E-state index in [4.69, 9.17) is 11.5 Å². The summed E-state index contributed by atoms with van der Waals surface area (Å²) >= 11 is 0. The second kappa shape index (κ2) is 4.28. The van der Waals surface area contributed by atoms with Crippen molar-refractivity contribution in [3.05, 3.63) is 12.3 Å². The van der Waals surface area contributed by atoms with Crippen molar-refractivity contribution in [2.24, 2.45) is 16.5 Å². The van der Waals surface area contributed by atoms with Gasteiger partial charge >= 0.3 is 0 Å². The predicted molar refractivity (Wildman–Crippen MR) is 55.0 cm³/mol. The lowest BCUT2D eigenvalue weighted by Crippen LogP contribution is -2.44. The molecule has 0 bridgehead atoms. The van der Waals surface area contributed by atoms with Gasteiger partial charge in [-0.05, 0) is 18.9 Å². The molecule has 0 spiro atoms. The van der Waals surface area contributed by atoms with Crippen molar-refractivity contribution in [1.82, 2.24) is 5.32 Å². The molecule has 0 aromatic carbocycles. The topological polar surface area (TPSA) is 76.4 Å². The molecule has 0 amide bonds. The monoisotopic (exact) mass is 182 g/mol. The van der Waals surface area contributed by atoms with Crippen molar-refractivity contribution in [2.75, 3.05) is 0 Å². The maximum atomic E-state index is 6.00. The molecule has 1 rings (SSSR count). The molecule has 5 N–H and O–H groups in total. The van der Waals surface area contributed by atoms with Crippen LogP contribution in [0.15, 0.2) is 17.3 Å². The molecular formula is C9H18N4. The molecule has 4 heteroatoms. The molecule has 0 aliphatic carbocycles. The zero-order valence-corrected chi connectivity index (χ0v) is 8.09. The van der Waals surface area contributed by atoms with Crippen molar-refractivity contribution in [1.29, 1.82) is 0 Å². The third kappa shape index (κ3) is 3.06. The molecule has 1 atom stereocenters. The molecule has 0 saturated carbocycles. The molecule has 0 aromatic rings. The number of guanidine groups is 1. The van der Waals surface area contributed by atoms with E-state index in [-0.39, 0.29) is 0 Å². The Morgan fingerprint density at radius 3 is 2.92 bits per heavy atom. The first kappa shape index (κ1) is 10.1. The predicted octanol–water partition coefficient (Wildman–Crippen LogP) is 0.653. The zero-order valence-electron chi connectivity index (χ0n) is 8.09. The Balaban J connectivity index is 2.45. The van der Waals surface area contributed by atoms with E-state index >= 15 is 0 Å². The zero-order chi connectivity index (χ0) is 9.73. The minimum absolute atomic E-state index is 0.404. The molecule has 1 aliphatic rings. The summed E-state index contributed by atoms with van der Waals surface area (Å²) in [4.78, 5) is 4.16. The second-order valence-electron chi connectivity index (χ2n) is 3.42. The molecule has 1 heterocycles. The lowest BCUT2D eigenvalue weighted by molar-refractivity contribution is 0.469. The number of hydrogen-bond acceptors (Lipinski definition) is 4. The van der Waals surface area contributed by atoms with Gasteiger partial charge in [-0.2, -0.15) is 0 Å². The summed E-state index contributed by atoms with van der Waals surface area (Å²) in [6.45, 7) is 2.17. The fourth-order valence-electron chi connectivity index (χ4n) is 1.36. The van der Waals surface area contributed by atoms with Gasteiger partial charge < -0.3 is 16.8 Å². The Morgan fingerprint density at radius 2 is 2.31 bits per heavy atom. The van der Waals surface area contributed by atoms with E-state index in [2.05, 4.69) is 17.2 Å². The van der Waals surface area contributed by atoms with Gasteiger partial charge in [0, 0.05) is 6.20 Å². The van der Waals surface area contributed by atoms with Gasteiger partial charge in [-0.1, -0.05) is 19.8 Å². The highest BCUT2D eigenvalue weighted by Crippen LogP contribution is 2.16. The van der Waals surface area contributed by atoms with Crippen LogP contribution in [0, 0.1) is 0 Å². The van der Waals surface area contributed by atoms with Gasteiger partial charge in [-0.3, -0.25) is 0 Å². The maximum absolute atomic E-state index is 6.00. The number of aliphatic imine (C=N–C) groups is 1. The second-order valence-corrected chi connectivity index (χ2v) is 3.42. The highest BCUT2D eigenvalue weighted by molar-refractivity contribution is 5.80. The van der Waals surface area contributed by atoms with Crippen molar-refractivity contribution < 1.29 is 0 Å². The highest BCUT2D eigenvalue weighted by atomic mass is 15.2. The average Bonchev–Trinajstić information content (AvgIpc) is 2.04. The van der Waals surface area contributed by atoms with Crippen molar-refractivity contribution in [3.63, 3.8) is 0 Å². The van der Waals surface area contributed by atoms with Gasteiger partial charge in [0.25, 0.3) is 0 Å². The average molecular weight is 182 g/mol. The maximum Gasteiger partial charge on any atom is 0.194 e. The summed E-state index contributed by atoms with van der Waals surface area (Å²) in [5.74, 6) is 0.404. The van der Waals surface area contributed by atoms with Crippen molar-refractivity contribution in [2.45, 2.75) is 38.3 Å². The van der Waals surface area contributed by atoms with Crippen LogP contribution >= 0.6 is 0 Å². The Hall–Kier alpha value is -1.03. The van der Waals surface area contributed by atoms with Crippen LogP contribution in [0.25, 0.3) is 0 Å². The summed E-state index contributed by atoms with van der Waals surface area (Å²) in [7, 11) is 0. The van der Waals surface area contributed by atoms with Gasteiger partial charge in [-0.15, -0.1) is 0 Å². The molecule has 1 aliphatic heterocycles. The molecule has 0 saturated heterocycles. The normalized spacial score (nSPS) is 26.8. The molecular weight excluding hydrogens is 164 g/mol. The number of nitrogens with one attached hydrogen (secondary N) is 1. The highest BCUT2D eigenvalue weighted by Gasteiger charge is 2.22. The molecule has 74 valence electrons. The SMILES string of the molecule is CCCCCC1(N)C=CNC(N)=N1. The summed E-state index contributed by atoms with van der Waals surface area (Å²) in [5, 5.41) is 2.79. The van der Waals surface area contributed by atoms with E-state index in [1.165, 1.54) is 12.8 Å². The number of hydrogen-bond donors (Lipinski definition) is 3. The largest absolute Gasteiger partial charge is 0.370 e. The van der Waals surface area contributed by atoms with Crippen LogP contribution in [-0.2, 0) is 0 Å². The van der Waals surface area contributed by atoms with Crippen LogP contribution in [-0.4, -0.2) is 11.6 Å². The number of nitrogens with zero attached hydrogens (tertiary/aromatic N) is 1. The number of rotatable bonds is 4. The smallest absolute Gasteiger partial charge is 0.194 e. The molecule has 0 fully saturated rings. The number of nitrogens with two attached hydrogens (primary N) is 2. The van der Waals surface area contributed by atoms with Crippen LogP contribution in [0.3, 0.4) is 0 Å². The van der Waals surface area contributed by atoms with Crippen LogP contribution in [0.5, 0.6) is 0 Å². The molecule has 0 aromatic heterocycles. The Bertz CT molecular complexity index is 222. The van der Waals surface area contributed by atoms with Crippen molar-refractivity contribution >= 4 is 5.96 Å². The Morgan fingerprint density at radius 1 is 1.54 bits per heavy atom. The molecule has 4 nitrogen and oxygen atoms in total. The van der Waals surface area contributed by atoms with Gasteiger partial charge in [0.2, 0.25) is 0 Å². The number of unbranched alkanes of at least 4 members (excludes halogenated alkanes) is 2. The lowest BCUT2D eigenvalue weighted by atomic mass is 10.0. The summed E-state index contributed by atoms with van der Waals surface area (Å²) in [6.07, 6.45) is 7.95. The van der Waals surface area contributed by atoms with Crippen LogP contribution in [0.1, 0.15) is 32.6 Å². The third-order valence-electron chi connectivity index (χ3n) is 2.11. The summed E-state index contributed by atoms with van der Waals surface area (Å²) in [6, 6.07) is 0. The summed E-state index contributed by atoms with van der Waals surface area (Å²) < 4.78 is 0. The first-order chi connectivity index (χ1) is 6.16. The van der Waals surface area contributed by atoms with Gasteiger partial charge in [0.15, 0.2) is 5.96 Å². The quantitative estimate of drug-likeness (QED) is 0.559. The van der Waals surface area contributed by atoms with E-state index < -0.39 is 5.66 Å². The van der Waals surface area contributed by atoms with E-state index in [1.54, 1.807) is 6.20 Å². The van der Waals surface area contributed by atoms with Crippen LogP contribution in [0.2, 0.25) is 0 Å². The molecule has 0 radical (unpaired) electrons. The Kier molecular flexibility index (Phi) is 3.31. The van der Waals surface area contributed by atoms with E-state index in [0.717, 1.165) is 12.8 Å². The fourth-order valence-corrected chi connectivity index (χ4v) is 1.36. The van der Waals surface area contributed by atoms with E-state index in [9.17, 15) is 0 Å². The van der Waals surface area contributed by atoms with E-state index in [1.807, 2.05) is 6.08 Å². The summed E-state index contributed by atoms with van der Waals surface area (Å²) in [5.41, 5.74) is 10.9. The minimum Gasteiger partial charge on any atom is -0.370 e. The minimum atomic E-state index is -0.579. The standard InChI is InChI=1S/C9H18N4/c1-2-3-4-5-9(11)6-7-12-8(10)13-9/h6-7H,2-5,11H2,1H3,(H3,10,12,13). The first-order valence-electron chi connectivity index (χ1n) is 4.75. The van der Waals surface area contributed by atoms with Crippen molar-refractivity contribution in [3.8, 4) is 0 Å². The van der Waals surface area contributed by atoms with E-state index in [0.29, 0.717) is 5.96 Å². The first-order valence-corrected chi connectivity index (χ1v) is 4.75. The van der Waals surface area contributed by atoms with Gasteiger partial charge in [0.1, 0.15) is 5.66 Å². The van der Waals surface area contributed by atoms with Crippen LogP contribution < -0.4 is 16.8 Å².